The summed E-state index contributed by atoms with van der Waals surface area (Å²) in [7, 11) is 0. The van der Waals surface area contributed by atoms with Crippen LogP contribution in [0.2, 0.25) is 0 Å². The Bertz CT molecular complexity index is 8.66. The zero-order valence-corrected chi connectivity index (χ0v) is 6.38. The van der Waals surface area contributed by atoms with Crippen molar-refractivity contribution in [1.29, 1.82) is 0 Å². The molecule has 0 aliphatic rings. The Morgan fingerprint density at radius 3 is 1.33 bits per heavy atom. The minimum absolute atomic E-state index is 0. The Morgan fingerprint density at radius 1 is 1.33 bits per heavy atom. The molecule has 0 atom stereocenters. The standard InChI is InChI=1S/C4H9.CH3.Ru/c1-4(2)3;;/h4H,1H2,2-3H3;1H3;/q2*-1;+2. The fraction of sp³-hybridized carbons (Fsp3) is 0.600. The van der Waals surface area contributed by atoms with Gasteiger partial charge in [0.25, 0.3) is 0 Å². The van der Waals surface area contributed by atoms with E-state index in [-0.39, 0.29) is 26.9 Å². The second-order valence-electron chi connectivity index (χ2n) is 1.39. The molecule has 40 valence electrons. The number of hydrogen-bond acceptors (Lipinski definition) is 0. The quantitative estimate of drug-likeness (QED) is 0.388. The molecule has 0 saturated heterocycles. The molecular weight excluding hydrogens is 161 g/mol. The van der Waals surface area contributed by atoms with Gasteiger partial charge in [0.05, 0.1) is 0 Å². The summed E-state index contributed by atoms with van der Waals surface area (Å²) >= 11 is 0. The smallest absolute Gasteiger partial charge is 0.358 e. The summed E-state index contributed by atoms with van der Waals surface area (Å²) in [5, 5.41) is 0. The van der Waals surface area contributed by atoms with Gasteiger partial charge in [-0.25, -0.2) is 0 Å². The molecular formula is C5H12Ru. The second-order valence-corrected chi connectivity index (χ2v) is 1.39. The molecule has 0 heterocycles. The van der Waals surface area contributed by atoms with Crippen molar-refractivity contribution in [1.82, 2.24) is 0 Å². The first kappa shape index (κ1) is 16.0. The van der Waals surface area contributed by atoms with Gasteiger partial charge in [0.2, 0.25) is 0 Å². The van der Waals surface area contributed by atoms with E-state index in [0.717, 1.165) is 0 Å². The first-order valence-electron chi connectivity index (χ1n) is 1.56. The van der Waals surface area contributed by atoms with Crippen LogP contribution in [0.4, 0.5) is 0 Å². The predicted octanol–water partition coefficient (Wildman–Crippen LogP) is 1.92. The molecule has 0 aromatic heterocycles. The van der Waals surface area contributed by atoms with E-state index in [1.54, 1.807) is 0 Å². The predicted molar refractivity (Wildman–Crippen MR) is 26.6 cm³/mol. The van der Waals surface area contributed by atoms with E-state index < -0.39 is 0 Å². The van der Waals surface area contributed by atoms with Crippen LogP contribution >= 0.6 is 0 Å². The molecule has 0 fully saturated rings. The molecule has 0 saturated carbocycles. The van der Waals surface area contributed by atoms with Gasteiger partial charge >= 0.3 is 19.5 Å². The topological polar surface area (TPSA) is 0 Å². The zero-order valence-electron chi connectivity index (χ0n) is 4.64. The summed E-state index contributed by atoms with van der Waals surface area (Å²) in [4.78, 5) is 0. The third kappa shape index (κ3) is 156. The minimum atomic E-state index is 0. The van der Waals surface area contributed by atoms with Gasteiger partial charge < -0.3 is 14.4 Å². The summed E-state index contributed by atoms with van der Waals surface area (Å²) in [5.41, 5.74) is 0. The molecule has 0 spiro atoms. The van der Waals surface area contributed by atoms with Gasteiger partial charge in [-0.05, 0) is 0 Å². The van der Waals surface area contributed by atoms with Crippen LogP contribution in [0.25, 0.3) is 0 Å². The average molecular weight is 173 g/mol. The summed E-state index contributed by atoms with van der Waals surface area (Å²) in [6, 6.07) is 0. The van der Waals surface area contributed by atoms with Gasteiger partial charge in [-0.1, -0.05) is 13.8 Å². The van der Waals surface area contributed by atoms with Crippen molar-refractivity contribution in [3.63, 3.8) is 0 Å². The summed E-state index contributed by atoms with van der Waals surface area (Å²) < 4.78 is 0. The van der Waals surface area contributed by atoms with Crippen LogP contribution in [0.5, 0.6) is 0 Å². The molecule has 1 heteroatoms. The Kier molecular flexibility index (Phi) is 24.3. The molecule has 0 nitrogen and oxygen atoms in total. The number of hydrogen-bond donors (Lipinski definition) is 0. The van der Waals surface area contributed by atoms with Crippen molar-refractivity contribution in [3.8, 4) is 0 Å². The number of rotatable bonds is 0. The summed E-state index contributed by atoms with van der Waals surface area (Å²) in [5.74, 6) is 0.583. The van der Waals surface area contributed by atoms with E-state index in [0.29, 0.717) is 5.92 Å². The monoisotopic (exact) mass is 174 g/mol. The molecule has 6 heavy (non-hydrogen) atoms. The molecule has 0 N–H and O–H groups in total. The first-order valence-corrected chi connectivity index (χ1v) is 1.56. The molecule has 0 aliphatic carbocycles. The maximum atomic E-state index is 3.64. The largest absolute Gasteiger partial charge is 2.00 e. The van der Waals surface area contributed by atoms with Gasteiger partial charge in [-0.15, -0.1) is 0 Å². The van der Waals surface area contributed by atoms with Crippen molar-refractivity contribution in [2.24, 2.45) is 5.92 Å². The van der Waals surface area contributed by atoms with Crippen LogP contribution < -0.4 is 0 Å². The zero-order chi connectivity index (χ0) is 3.58. The van der Waals surface area contributed by atoms with Gasteiger partial charge in [0.15, 0.2) is 0 Å². The molecule has 0 bridgehead atoms. The van der Waals surface area contributed by atoms with Crippen molar-refractivity contribution in [2.45, 2.75) is 13.8 Å². The van der Waals surface area contributed by atoms with Crippen LogP contribution in [0.1, 0.15) is 13.8 Å². The van der Waals surface area contributed by atoms with Gasteiger partial charge in [-0.3, -0.25) is 0 Å². The molecule has 0 amide bonds. The van der Waals surface area contributed by atoms with Crippen LogP contribution in [0.3, 0.4) is 0 Å². The normalized spacial score (nSPS) is 6.00. The SMILES string of the molecule is [CH2-]C(C)C.[CH3-].[Ru+2]. The molecule has 0 aliphatic heterocycles. The third-order valence-corrected chi connectivity index (χ3v) is 0. The molecule has 0 rings (SSSR count). The Balaban J connectivity index is -0.0000000450. The van der Waals surface area contributed by atoms with Gasteiger partial charge in [-0.2, -0.15) is 5.92 Å². The van der Waals surface area contributed by atoms with Crippen molar-refractivity contribution in [3.05, 3.63) is 14.4 Å². The first-order chi connectivity index (χ1) is 1.73. The second kappa shape index (κ2) is 9.16. The Hall–Kier alpha value is 0.623. The van der Waals surface area contributed by atoms with Crippen molar-refractivity contribution < 1.29 is 19.5 Å². The summed E-state index contributed by atoms with van der Waals surface area (Å²) in [6.07, 6.45) is 0. The van der Waals surface area contributed by atoms with Crippen LogP contribution in [0, 0.1) is 20.3 Å². The van der Waals surface area contributed by atoms with E-state index >= 15 is 0 Å². The maximum Gasteiger partial charge on any atom is 2.00 e. The van der Waals surface area contributed by atoms with E-state index in [4.69, 9.17) is 0 Å². The average Bonchev–Trinajstić information content (AvgIpc) is 0.811. The molecule has 0 aromatic rings. The van der Waals surface area contributed by atoms with Crippen LogP contribution in [-0.4, -0.2) is 0 Å². The van der Waals surface area contributed by atoms with Crippen molar-refractivity contribution >= 4 is 0 Å². The molecule has 0 aromatic carbocycles. The maximum absolute atomic E-state index is 3.64. The molecule has 0 unspecified atom stereocenters. The third-order valence-electron chi connectivity index (χ3n) is 0. The Labute approximate surface area is 54.1 Å². The molecule has 0 radical (unpaired) electrons. The van der Waals surface area contributed by atoms with Gasteiger partial charge in [0, 0.05) is 0 Å². The fourth-order valence-corrected chi connectivity index (χ4v) is 0. The van der Waals surface area contributed by atoms with Crippen molar-refractivity contribution in [2.75, 3.05) is 0 Å². The Morgan fingerprint density at radius 2 is 1.33 bits per heavy atom. The van der Waals surface area contributed by atoms with Crippen LogP contribution in [-0.2, 0) is 19.5 Å². The summed E-state index contributed by atoms with van der Waals surface area (Å²) in [6.45, 7) is 7.75. The van der Waals surface area contributed by atoms with Gasteiger partial charge in [0.1, 0.15) is 0 Å². The fourth-order valence-electron chi connectivity index (χ4n) is 0. The van der Waals surface area contributed by atoms with E-state index in [9.17, 15) is 0 Å². The van der Waals surface area contributed by atoms with E-state index in [2.05, 4.69) is 20.8 Å². The van der Waals surface area contributed by atoms with Crippen LogP contribution in [0.15, 0.2) is 0 Å². The van der Waals surface area contributed by atoms with E-state index in [1.807, 2.05) is 0 Å². The minimum Gasteiger partial charge on any atom is -0.358 e. The van der Waals surface area contributed by atoms with E-state index in [1.165, 1.54) is 0 Å².